The molecule has 1 unspecified atom stereocenters. The zero-order valence-electron chi connectivity index (χ0n) is 34.8. The van der Waals surface area contributed by atoms with E-state index in [0.717, 1.165) is 77.0 Å². The Morgan fingerprint density at radius 1 is 0.804 bits per heavy atom. The lowest BCUT2D eigenvalue weighted by atomic mass is 9.88. The number of nitrogens with two attached hydrogens (primary N) is 1. The normalized spacial score (nSPS) is 19.5. The molecule has 0 aromatic rings. The Bertz CT molecular complexity index is 1130. The lowest BCUT2D eigenvalue weighted by Crippen LogP contribution is -2.29. The van der Waals surface area contributed by atoms with Crippen LogP contribution in [0, 0.1) is 11.8 Å². The molecular formula is C43H78NO11P. The molecular weight excluding hydrogens is 737 g/mol. The molecule has 326 valence electrons. The Morgan fingerprint density at radius 2 is 1.38 bits per heavy atom. The van der Waals surface area contributed by atoms with Gasteiger partial charge in [0.15, 0.2) is 6.10 Å². The average Bonchev–Trinajstić information content (AvgIpc) is 3.44. The van der Waals surface area contributed by atoms with Crippen molar-refractivity contribution in [1.29, 1.82) is 0 Å². The standard InChI is InChI=1S/C43H78NO11P/c1-3-5-7-8-9-10-11-12-13-14-15-16-17-18-24-28-43(49)55-37(35-54-56(50,51)53-32-31-44)34-52-42(48)27-23-20-19-22-26-38-39(41(47)33-40(38)46)30-29-36(45)25-21-6-4-2/h12-13,29-30,36-39,41,45,47H,3-11,14-28,31-35,44H2,1-2H3,(H,50,51)/b13-12-,30-29+/t36-,37+,38+,39+,41+/m0/s1. The van der Waals surface area contributed by atoms with E-state index in [4.69, 9.17) is 24.3 Å². The van der Waals surface area contributed by atoms with E-state index in [2.05, 4.69) is 26.0 Å². The second kappa shape index (κ2) is 34.0. The highest BCUT2D eigenvalue weighted by atomic mass is 31.2. The third kappa shape index (κ3) is 27.7. The Hall–Kier alpha value is -1.92. The van der Waals surface area contributed by atoms with Crippen LogP contribution in [0.2, 0.25) is 0 Å². The van der Waals surface area contributed by atoms with Crippen LogP contribution in [0.1, 0.15) is 174 Å². The monoisotopic (exact) mass is 816 g/mol. The predicted octanol–water partition coefficient (Wildman–Crippen LogP) is 8.98. The summed E-state index contributed by atoms with van der Waals surface area (Å²) in [6, 6.07) is 0. The molecule has 1 saturated carbocycles. The number of ketones is 1. The first kappa shape index (κ1) is 52.1. The van der Waals surface area contributed by atoms with Gasteiger partial charge in [-0.05, 0) is 51.4 Å². The SMILES string of the molecule is CCCCCCCC/C=C\CCCCCCCC(=O)O[C@H](COC(=O)CCCCCC[C@H]1C(=O)C[C@@H](O)[C@@H]1/C=C/[C@@H](O)CCCCC)COP(=O)(O)OCCN. The molecule has 0 heterocycles. The number of Topliss-reactive ketones (excluding diaryl/α,β-unsaturated/α-hetero) is 1. The highest BCUT2D eigenvalue weighted by Gasteiger charge is 2.39. The number of hydrogen-bond donors (Lipinski definition) is 4. The molecule has 12 nitrogen and oxygen atoms in total. The van der Waals surface area contributed by atoms with Crippen molar-refractivity contribution in [2.75, 3.05) is 26.4 Å². The van der Waals surface area contributed by atoms with Crippen molar-refractivity contribution in [2.45, 2.75) is 193 Å². The number of esters is 2. The number of carbonyl (C=O) groups excluding carboxylic acids is 3. The van der Waals surface area contributed by atoms with E-state index >= 15 is 0 Å². The molecule has 0 aliphatic heterocycles. The third-order valence-corrected chi connectivity index (χ3v) is 11.2. The molecule has 0 aromatic carbocycles. The van der Waals surface area contributed by atoms with Gasteiger partial charge in [0.05, 0.1) is 25.4 Å². The highest BCUT2D eigenvalue weighted by Crippen LogP contribution is 2.43. The highest BCUT2D eigenvalue weighted by molar-refractivity contribution is 7.47. The van der Waals surface area contributed by atoms with Crippen LogP contribution >= 0.6 is 7.82 Å². The number of aliphatic hydroxyl groups excluding tert-OH is 2. The van der Waals surface area contributed by atoms with Crippen molar-refractivity contribution in [3.8, 4) is 0 Å². The van der Waals surface area contributed by atoms with E-state index < -0.39 is 44.7 Å². The fourth-order valence-electron chi connectivity index (χ4n) is 6.88. The number of rotatable bonds is 37. The van der Waals surface area contributed by atoms with Gasteiger partial charge < -0.3 is 30.3 Å². The summed E-state index contributed by atoms with van der Waals surface area (Å²) in [6.45, 7) is 3.34. The van der Waals surface area contributed by atoms with Gasteiger partial charge in [-0.15, -0.1) is 0 Å². The zero-order chi connectivity index (χ0) is 41.3. The lowest BCUT2D eigenvalue weighted by Gasteiger charge is -2.20. The van der Waals surface area contributed by atoms with Crippen LogP contribution in [-0.2, 0) is 37.5 Å². The van der Waals surface area contributed by atoms with Crippen molar-refractivity contribution in [3.63, 3.8) is 0 Å². The van der Waals surface area contributed by atoms with Crippen molar-refractivity contribution in [2.24, 2.45) is 17.6 Å². The van der Waals surface area contributed by atoms with E-state index in [9.17, 15) is 34.1 Å². The Morgan fingerprint density at radius 3 is 2.02 bits per heavy atom. The van der Waals surface area contributed by atoms with Crippen LogP contribution in [0.4, 0.5) is 0 Å². The maximum Gasteiger partial charge on any atom is 0.472 e. The first-order valence-corrected chi connectivity index (χ1v) is 23.4. The molecule has 1 aliphatic carbocycles. The Balaban J connectivity index is 2.38. The van der Waals surface area contributed by atoms with Crippen LogP contribution in [0.25, 0.3) is 0 Å². The van der Waals surface area contributed by atoms with E-state index in [1.165, 1.54) is 38.5 Å². The first-order chi connectivity index (χ1) is 27.0. The molecule has 0 bridgehead atoms. The number of hydrogen-bond acceptors (Lipinski definition) is 11. The summed E-state index contributed by atoms with van der Waals surface area (Å²) < 4.78 is 32.7. The van der Waals surface area contributed by atoms with Gasteiger partial charge >= 0.3 is 19.8 Å². The largest absolute Gasteiger partial charge is 0.472 e. The number of aliphatic hydroxyl groups is 2. The number of ether oxygens (including phenoxy) is 2. The first-order valence-electron chi connectivity index (χ1n) is 21.9. The van der Waals surface area contributed by atoms with E-state index in [1.54, 1.807) is 6.08 Å². The Kier molecular flexibility index (Phi) is 31.6. The van der Waals surface area contributed by atoms with Gasteiger partial charge in [0.2, 0.25) is 0 Å². The minimum atomic E-state index is -4.44. The van der Waals surface area contributed by atoms with Gasteiger partial charge in [-0.1, -0.05) is 128 Å². The number of unbranched alkanes of at least 4 members (excludes halogenated alkanes) is 16. The summed E-state index contributed by atoms with van der Waals surface area (Å²) in [6.07, 6.45) is 28.2. The molecule has 1 rings (SSSR count). The molecule has 1 fully saturated rings. The quantitative estimate of drug-likeness (QED) is 0.0202. The van der Waals surface area contributed by atoms with Crippen molar-refractivity contribution in [1.82, 2.24) is 0 Å². The molecule has 0 saturated heterocycles. The van der Waals surface area contributed by atoms with Crippen LogP contribution in [-0.4, -0.2) is 77.5 Å². The number of phosphoric acid groups is 1. The van der Waals surface area contributed by atoms with Crippen LogP contribution in [0.3, 0.4) is 0 Å². The van der Waals surface area contributed by atoms with Gasteiger partial charge in [0, 0.05) is 37.6 Å². The summed E-state index contributed by atoms with van der Waals surface area (Å²) in [5.74, 6) is -1.52. The second-order valence-corrected chi connectivity index (χ2v) is 16.8. The summed E-state index contributed by atoms with van der Waals surface area (Å²) in [4.78, 5) is 47.6. The molecule has 56 heavy (non-hydrogen) atoms. The number of phosphoric ester groups is 1. The van der Waals surface area contributed by atoms with Crippen molar-refractivity contribution >= 4 is 25.5 Å². The van der Waals surface area contributed by atoms with Gasteiger partial charge in [-0.2, -0.15) is 0 Å². The molecule has 0 aromatic heterocycles. The molecule has 13 heteroatoms. The topological polar surface area (TPSA) is 192 Å². The molecule has 6 atom stereocenters. The van der Waals surface area contributed by atoms with Gasteiger partial charge in [-0.3, -0.25) is 23.4 Å². The smallest absolute Gasteiger partial charge is 0.462 e. The molecule has 0 amide bonds. The van der Waals surface area contributed by atoms with Gasteiger partial charge in [0.25, 0.3) is 0 Å². The van der Waals surface area contributed by atoms with Crippen LogP contribution in [0.5, 0.6) is 0 Å². The lowest BCUT2D eigenvalue weighted by molar-refractivity contribution is -0.161. The molecule has 0 radical (unpaired) electrons. The van der Waals surface area contributed by atoms with E-state index in [1.807, 2.05) is 6.08 Å². The fourth-order valence-corrected chi connectivity index (χ4v) is 7.64. The number of allylic oxidation sites excluding steroid dienone is 2. The summed E-state index contributed by atoms with van der Waals surface area (Å²) in [5, 5.41) is 20.7. The van der Waals surface area contributed by atoms with Crippen LogP contribution < -0.4 is 5.73 Å². The predicted molar refractivity (Wildman–Crippen MR) is 221 cm³/mol. The second-order valence-electron chi connectivity index (χ2n) is 15.3. The maximum atomic E-state index is 12.6. The average molecular weight is 816 g/mol. The number of carbonyl (C=O) groups is 3. The minimum Gasteiger partial charge on any atom is -0.462 e. The zero-order valence-corrected chi connectivity index (χ0v) is 35.7. The molecule has 0 spiro atoms. The minimum absolute atomic E-state index is 0.0177. The summed E-state index contributed by atoms with van der Waals surface area (Å²) in [5.41, 5.74) is 5.34. The third-order valence-electron chi connectivity index (χ3n) is 10.2. The van der Waals surface area contributed by atoms with E-state index in [0.29, 0.717) is 25.7 Å². The molecule has 1 aliphatic rings. The van der Waals surface area contributed by atoms with Crippen molar-refractivity contribution < 1.29 is 52.6 Å². The van der Waals surface area contributed by atoms with E-state index in [-0.39, 0.29) is 56.6 Å². The van der Waals surface area contributed by atoms with Gasteiger partial charge in [0.1, 0.15) is 12.4 Å². The summed E-state index contributed by atoms with van der Waals surface area (Å²) >= 11 is 0. The van der Waals surface area contributed by atoms with Crippen molar-refractivity contribution in [3.05, 3.63) is 24.3 Å². The maximum absolute atomic E-state index is 12.6. The van der Waals surface area contributed by atoms with Gasteiger partial charge in [-0.25, -0.2) is 4.57 Å². The summed E-state index contributed by atoms with van der Waals surface area (Å²) in [7, 11) is -4.44. The Labute approximate surface area is 338 Å². The fraction of sp³-hybridized carbons (Fsp3) is 0.837. The molecule has 5 N–H and O–H groups in total. The van der Waals surface area contributed by atoms with Crippen LogP contribution in [0.15, 0.2) is 24.3 Å².